The maximum absolute atomic E-state index is 12.1. The standard InChI is InChI=1S/C10H10F3NO4S/c1-14(19(2,16)17)8-3-4-9(7(5-8)6-15)18-10(11,12)13/h3-6H,1-2H3. The Bertz CT molecular complexity index is 583. The second-order valence-electron chi connectivity index (χ2n) is 3.62. The van der Waals surface area contributed by atoms with Crippen LogP contribution in [0.4, 0.5) is 18.9 Å². The lowest BCUT2D eigenvalue weighted by molar-refractivity contribution is -0.274. The topological polar surface area (TPSA) is 63.7 Å². The summed E-state index contributed by atoms with van der Waals surface area (Å²) in [5.41, 5.74) is -0.343. The molecule has 0 bridgehead atoms. The van der Waals surface area contributed by atoms with Crippen molar-refractivity contribution in [2.75, 3.05) is 17.6 Å². The van der Waals surface area contributed by atoms with Crippen LogP contribution in [0, 0.1) is 0 Å². The highest BCUT2D eigenvalue weighted by Gasteiger charge is 2.32. The number of ether oxygens (including phenoxy) is 1. The number of halogens is 3. The average molecular weight is 297 g/mol. The Balaban J connectivity index is 3.20. The molecule has 0 saturated carbocycles. The van der Waals surface area contributed by atoms with Gasteiger partial charge in [0.25, 0.3) is 0 Å². The fourth-order valence-electron chi connectivity index (χ4n) is 1.23. The number of anilines is 1. The van der Waals surface area contributed by atoms with E-state index in [1.807, 2.05) is 0 Å². The van der Waals surface area contributed by atoms with Crippen LogP contribution < -0.4 is 9.04 Å². The fourth-order valence-corrected chi connectivity index (χ4v) is 1.73. The summed E-state index contributed by atoms with van der Waals surface area (Å²) in [7, 11) is -2.36. The summed E-state index contributed by atoms with van der Waals surface area (Å²) in [6.45, 7) is 0. The van der Waals surface area contributed by atoms with Gasteiger partial charge in [0, 0.05) is 7.05 Å². The molecule has 1 aromatic carbocycles. The number of hydrogen-bond donors (Lipinski definition) is 0. The molecule has 9 heteroatoms. The van der Waals surface area contributed by atoms with Gasteiger partial charge in [0.2, 0.25) is 10.0 Å². The Morgan fingerprint density at radius 1 is 1.32 bits per heavy atom. The summed E-state index contributed by atoms with van der Waals surface area (Å²) >= 11 is 0. The molecular weight excluding hydrogens is 287 g/mol. The number of alkyl halides is 3. The number of sulfonamides is 1. The van der Waals surface area contributed by atoms with Gasteiger partial charge in [-0.2, -0.15) is 0 Å². The molecular formula is C10H10F3NO4S. The Kier molecular flexibility index (Phi) is 4.09. The van der Waals surface area contributed by atoms with Crippen molar-refractivity contribution < 1.29 is 31.1 Å². The molecule has 0 N–H and O–H groups in total. The predicted octanol–water partition coefficient (Wildman–Crippen LogP) is 1.79. The first-order valence-electron chi connectivity index (χ1n) is 4.83. The first-order valence-corrected chi connectivity index (χ1v) is 6.68. The minimum atomic E-state index is -4.93. The molecule has 1 aromatic rings. The average Bonchev–Trinajstić information content (AvgIpc) is 2.25. The van der Waals surface area contributed by atoms with Crippen LogP contribution in [0.15, 0.2) is 18.2 Å². The SMILES string of the molecule is CN(c1ccc(OC(F)(F)F)c(C=O)c1)S(C)(=O)=O. The van der Waals surface area contributed by atoms with Crippen molar-refractivity contribution >= 4 is 22.0 Å². The van der Waals surface area contributed by atoms with Crippen LogP contribution in [0.1, 0.15) is 10.4 Å². The molecule has 0 fully saturated rings. The van der Waals surface area contributed by atoms with E-state index >= 15 is 0 Å². The van der Waals surface area contributed by atoms with Crippen LogP contribution in [-0.4, -0.2) is 34.4 Å². The van der Waals surface area contributed by atoms with E-state index in [0.717, 1.165) is 28.8 Å². The Morgan fingerprint density at radius 3 is 2.32 bits per heavy atom. The van der Waals surface area contributed by atoms with Gasteiger partial charge in [-0.15, -0.1) is 13.2 Å². The second-order valence-corrected chi connectivity index (χ2v) is 5.63. The Morgan fingerprint density at radius 2 is 1.89 bits per heavy atom. The third-order valence-corrected chi connectivity index (χ3v) is 3.41. The van der Waals surface area contributed by atoms with Gasteiger partial charge in [0.1, 0.15) is 5.75 Å². The summed E-state index contributed by atoms with van der Waals surface area (Å²) in [6, 6.07) is 2.98. The third-order valence-electron chi connectivity index (χ3n) is 2.21. The summed E-state index contributed by atoms with van der Waals surface area (Å²) in [5.74, 6) is -0.687. The number of carbonyl (C=O) groups is 1. The van der Waals surface area contributed by atoms with E-state index in [0.29, 0.717) is 0 Å². The van der Waals surface area contributed by atoms with Gasteiger partial charge >= 0.3 is 6.36 Å². The van der Waals surface area contributed by atoms with Crippen LogP contribution in [0.3, 0.4) is 0 Å². The smallest absolute Gasteiger partial charge is 0.405 e. The number of nitrogens with zero attached hydrogens (tertiary/aromatic N) is 1. The largest absolute Gasteiger partial charge is 0.573 e. The van der Waals surface area contributed by atoms with Crippen molar-refractivity contribution in [2.45, 2.75) is 6.36 Å². The van der Waals surface area contributed by atoms with E-state index in [4.69, 9.17) is 0 Å². The first-order chi connectivity index (χ1) is 8.54. The maximum Gasteiger partial charge on any atom is 0.573 e. The van der Waals surface area contributed by atoms with Crippen LogP contribution in [0.5, 0.6) is 5.75 Å². The summed E-state index contributed by atoms with van der Waals surface area (Å²) in [6.07, 6.45) is -3.85. The molecule has 106 valence electrons. The molecule has 0 amide bonds. The molecule has 0 aliphatic rings. The van der Waals surface area contributed by atoms with Crippen LogP contribution >= 0.6 is 0 Å². The van der Waals surface area contributed by atoms with Gasteiger partial charge < -0.3 is 4.74 Å². The van der Waals surface area contributed by atoms with E-state index in [9.17, 15) is 26.4 Å². The lowest BCUT2D eigenvalue weighted by atomic mass is 10.2. The Hall–Kier alpha value is -1.77. The number of benzene rings is 1. The lowest BCUT2D eigenvalue weighted by Gasteiger charge is -2.18. The molecule has 0 atom stereocenters. The summed E-state index contributed by atoms with van der Waals surface area (Å²) < 4.78 is 63.2. The first kappa shape index (κ1) is 15.3. The van der Waals surface area contributed by atoms with Crippen LogP contribution in [0.25, 0.3) is 0 Å². The molecule has 0 unspecified atom stereocenters. The van der Waals surface area contributed by atoms with Crippen molar-refractivity contribution in [1.29, 1.82) is 0 Å². The molecule has 0 spiro atoms. The zero-order valence-corrected chi connectivity index (χ0v) is 10.7. The van der Waals surface area contributed by atoms with Crippen LogP contribution in [-0.2, 0) is 10.0 Å². The van der Waals surface area contributed by atoms with Crippen molar-refractivity contribution in [2.24, 2.45) is 0 Å². The number of hydrogen-bond acceptors (Lipinski definition) is 4. The van der Waals surface area contributed by atoms with E-state index in [1.54, 1.807) is 0 Å². The summed E-state index contributed by atoms with van der Waals surface area (Å²) in [4.78, 5) is 10.7. The van der Waals surface area contributed by atoms with E-state index < -0.39 is 27.7 Å². The van der Waals surface area contributed by atoms with Gasteiger partial charge in [-0.1, -0.05) is 0 Å². The highest BCUT2D eigenvalue weighted by atomic mass is 32.2. The predicted molar refractivity (Wildman–Crippen MR) is 61.8 cm³/mol. The molecule has 19 heavy (non-hydrogen) atoms. The quantitative estimate of drug-likeness (QED) is 0.795. The highest BCUT2D eigenvalue weighted by Crippen LogP contribution is 2.29. The lowest BCUT2D eigenvalue weighted by Crippen LogP contribution is -2.25. The number of rotatable bonds is 4. The van der Waals surface area contributed by atoms with E-state index in [1.165, 1.54) is 7.05 Å². The highest BCUT2D eigenvalue weighted by molar-refractivity contribution is 7.92. The van der Waals surface area contributed by atoms with E-state index in [-0.39, 0.29) is 12.0 Å². The third kappa shape index (κ3) is 4.12. The van der Waals surface area contributed by atoms with E-state index in [2.05, 4.69) is 4.74 Å². The zero-order valence-electron chi connectivity index (χ0n) is 9.93. The van der Waals surface area contributed by atoms with Crippen molar-refractivity contribution in [3.05, 3.63) is 23.8 Å². The Labute approximate surface area is 107 Å². The van der Waals surface area contributed by atoms with Crippen molar-refractivity contribution in [3.8, 4) is 5.75 Å². The fraction of sp³-hybridized carbons (Fsp3) is 0.300. The van der Waals surface area contributed by atoms with Gasteiger partial charge in [0.05, 0.1) is 17.5 Å². The van der Waals surface area contributed by atoms with Crippen molar-refractivity contribution in [1.82, 2.24) is 0 Å². The molecule has 0 saturated heterocycles. The second kappa shape index (κ2) is 5.08. The molecule has 0 heterocycles. The minimum Gasteiger partial charge on any atom is -0.405 e. The number of carbonyl (C=O) groups excluding carboxylic acids is 1. The molecule has 0 aliphatic heterocycles. The zero-order chi connectivity index (χ0) is 14.8. The normalized spacial score (nSPS) is 12.1. The van der Waals surface area contributed by atoms with Crippen molar-refractivity contribution in [3.63, 3.8) is 0 Å². The van der Waals surface area contributed by atoms with Gasteiger partial charge in [-0.05, 0) is 18.2 Å². The van der Waals surface area contributed by atoms with Gasteiger partial charge in [-0.3, -0.25) is 9.10 Å². The molecule has 0 radical (unpaired) electrons. The maximum atomic E-state index is 12.1. The molecule has 1 rings (SSSR count). The summed E-state index contributed by atoms with van der Waals surface area (Å²) in [5, 5.41) is 0. The molecule has 0 aromatic heterocycles. The van der Waals surface area contributed by atoms with Gasteiger partial charge in [0.15, 0.2) is 6.29 Å². The monoisotopic (exact) mass is 297 g/mol. The number of aldehydes is 1. The minimum absolute atomic E-state index is 0.0547. The molecule has 0 aliphatic carbocycles. The van der Waals surface area contributed by atoms with Crippen LogP contribution in [0.2, 0.25) is 0 Å². The molecule has 5 nitrogen and oxygen atoms in total. The van der Waals surface area contributed by atoms with Gasteiger partial charge in [-0.25, -0.2) is 8.42 Å².